The van der Waals surface area contributed by atoms with Gasteiger partial charge in [-0.05, 0) is 49.4 Å². The maximum absolute atomic E-state index is 11.7. The summed E-state index contributed by atoms with van der Waals surface area (Å²) in [5.41, 5.74) is 1.93. The van der Waals surface area contributed by atoms with E-state index in [9.17, 15) is 4.79 Å². The van der Waals surface area contributed by atoms with Crippen LogP contribution in [0.5, 0.6) is 11.6 Å². The summed E-state index contributed by atoms with van der Waals surface area (Å²) in [4.78, 5) is 20.1. The van der Waals surface area contributed by atoms with E-state index < -0.39 is 0 Å². The lowest BCUT2D eigenvalue weighted by Crippen LogP contribution is -2.04. The van der Waals surface area contributed by atoms with Crippen molar-refractivity contribution in [1.29, 1.82) is 0 Å². The first-order valence-electron chi connectivity index (χ1n) is 7.69. The fourth-order valence-electron chi connectivity index (χ4n) is 2.24. The van der Waals surface area contributed by atoms with Crippen LogP contribution in [0.25, 0.3) is 11.1 Å². The highest BCUT2D eigenvalue weighted by molar-refractivity contribution is 6.33. The van der Waals surface area contributed by atoms with Gasteiger partial charge in [0.2, 0.25) is 5.88 Å². The molecule has 0 N–H and O–H groups in total. The van der Waals surface area contributed by atoms with Crippen molar-refractivity contribution < 1.29 is 14.3 Å². The van der Waals surface area contributed by atoms with E-state index in [1.165, 1.54) is 0 Å². The predicted octanol–water partition coefficient (Wildman–Crippen LogP) is 4.77. The van der Waals surface area contributed by atoms with E-state index in [2.05, 4.69) is 9.97 Å². The molecule has 5 nitrogen and oxygen atoms in total. The second kappa shape index (κ2) is 7.77. The first-order valence-corrected chi connectivity index (χ1v) is 8.06. The highest BCUT2D eigenvalue weighted by Gasteiger charge is 2.12. The number of pyridine rings is 2. The molecule has 0 fully saturated rings. The van der Waals surface area contributed by atoms with Crippen LogP contribution in [-0.4, -0.2) is 22.5 Å². The number of hydrogen-bond acceptors (Lipinski definition) is 5. The molecule has 2 aromatic heterocycles. The van der Waals surface area contributed by atoms with Crippen LogP contribution in [0.2, 0.25) is 5.02 Å². The highest BCUT2D eigenvalue weighted by atomic mass is 35.5. The van der Waals surface area contributed by atoms with E-state index in [0.717, 1.165) is 11.1 Å². The van der Waals surface area contributed by atoms with Gasteiger partial charge in [-0.25, -0.2) is 9.78 Å². The molecule has 0 spiro atoms. The quantitative estimate of drug-likeness (QED) is 0.618. The lowest BCUT2D eigenvalue weighted by molar-refractivity contribution is 0.0526. The average Bonchev–Trinajstić information content (AvgIpc) is 2.64. The second-order valence-corrected chi connectivity index (χ2v) is 5.47. The van der Waals surface area contributed by atoms with Crippen LogP contribution in [0.1, 0.15) is 17.3 Å². The van der Waals surface area contributed by atoms with Crippen molar-refractivity contribution in [3.8, 4) is 22.8 Å². The summed E-state index contributed by atoms with van der Waals surface area (Å²) in [5.74, 6) is 0.587. The van der Waals surface area contributed by atoms with Crippen molar-refractivity contribution in [2.45, 2.75) is 6.92 Å². The Morgan fingerprint density at radius 1 is 1.08 bits per heavy atom. The average molecular weight is 355 g/mol. The first kappa shape index (κ1) is 16.9. The molecule has 3 rings (SSSR count). The molecule has 0 radical (unpaired) electrons. The number of halogens is 1. The van der Waals surface area contributed by atoms with Gasteiger partial charge >= 0.3 is 5.97 Å². The van der Waals surface area contributed by atoms with Crippen molar-refractivity contribution in [2.24, 2.45) is 0 Å². The van der Waals surface area contributed by atoms with E-state index in [0.29, 0.717) is 28.8 Å². The minimum absolute atomic E-state index is 0.334. The second-order valence-electron chi connectivity index (χ2n) is 5.06. The smallest absolute Gasteiger partial charge is 0.338 e. The summed E-state index contributed by atoms with van der Waals surface area (Å²) in [7, 11) is 0. The Morgan fingerprint density at radius 2 is 1.88 bits per heavy atom. The molecule has 0 aliphatic heterocycles. The molecule has 25 heavy (non-hydrogen) atoms. The molecule has 0 aliphatic rings. The van der Waals surface area contributed by atoms with Crippen LogP contribution in [-0.2, 0) is 4.74 Å². The van der Waals surface area contributed by atoms with E-state index in [-0.39, 0.29) is 5.97 Å². The fourth-order valence-corrected chi connectivity index (χ4v) is 2.44. The molecule has 3 aromatic rings. The van der Waals surface area contributed by atoms with Crippen LogP contribution in [0.3, 0.4) is 0 Å². The molecule has 0 bridgehead atoms. The van der Waals surface area contributed by atoms with Gasteiger partial charge in [0.25, 0.3) is 0 Å². The molecular weight excluding hydrogens is 340 g/mol. The van der Waals surface area contributed by atoms with Crippen molar-refractivity contribution in [1.82, 2.24) is 9.97 Å². The van der Waals surface area contributed by atoms with Crippen LogP contribution in [0, 0.1) is 0 Å². The van der Waals surface area contributed by atoms with Crippen molar-refractivity contribution in [3.05, 3.63) is 71.6 Å². The molecule has 6 heteroatoms. The number of aromatic nitrogens is 2. The monoisotopic (exact) mass is 354 g/mol. The third-order valence-corrected chi connectivity index (χ3v) is 3.74. The normalized spacial score (nSPS) is 10.3. The van der Waals surface area contributed by atoms with Gasteiger partial charge in [0.1, 0.15) is 5.75 Å². The SMILES string of the molecule is CCOC(=O)c1ccc(Oc2ncccc2-c2cnccc2Cl)cc1. The van der Waals surface area contributed by atoms with Gasteiger partial charge in [-0.3, -0.25) is 4.98 Å². The highest BCUT2D eigenvalue weighted by Crippen LogP contribution is 2.34. The molecular formula is C19H15ClN2O3. The number of nitrogens with zero attached hydrogens (tertiary/aromatic N) is 2. The Morgan fingerprint density at radius 3 is 2.60 bits per heavy atom. The molecule has 0 atom stereocenters. The Balaban J connectivity index is 1.87. The van der Waals surface area contributed by atoms with Crippen molar-refractivity contribution in [3.63, 3.8) is 0 Å². The largest absolute Gasteiger partial charge is 0.462 e. The summed E-state index contributed by atoms with van der Waals surface area (Å²) in [6.07, 6.45) is 4.92. The molecule has 126 valence electrons. The topological polar surface area (TPSA) is 61.3 Å². The minimum Gasteiger partial charge on any atom is -0.462 e. The van der Waals surface area contributed by atoms with Crippen LogP contribution in [0.15, 0.2) is 61.1 Å². The summed E-state index contributed by atoms with van der Waals surface area (Å²) in [5, 5.41) is 0.561. The maximum Gasteiger partial charge on any atom is 0.338 e. The number of esters is 1. The minimum atomic E-state index is -0.366. The van der Waals surface area contributed by atoms with E-state index >= 15 is 0 Å². The van der Waals surface area contributed by atoms with Crippen LogP contribution >= 0.6 is 11.6 Å². The number of ether oxygens (including phenoxy) is 2. The number of carbonyl (C=O) groups is 1. The third-order valence-electron chi connectivity index (χ3n) is 3.41. The molecule has 0 saturated carbocycles. The zero-order valence-electron chi connectivity index (χ0n) is 13.5. The summed E-state index contributed by atoms with van der Waals surface area (Å²) < 4.78 is 10.8. The van der Waals surface area contributed by atoms with Gasteiger partial charge in [-0.15, -0.1) is 0 Å². The van der Waals surface area contributed by atoms with E-state index in [4.69, 9.17) is 21.1 Å². The molecule has 0 saturated heterocycles. The van der Waals surface area contributed by atoms with Crippen molar-refractivity contribution >= 4 is 17.6 Å². The van der Waals surface area contributed by atoms with Crippen molar-refractivity contribution in [2.75, 3.05) is 6.61 Å². The Hall–Kier alpha value is -2.92. The summed E-state index contributed by atoms with van der Waals surface area (Å²) in [6.45, 7) is 2.10. The van der Waals surface area contributed by atoms with E-state index in [1.807, 2.05) is 6.07 Å². The number of carbonyl (C=O) groups excluding carboxylic acids is 1. The molecule has 0 amide bonds. The lowest BCUT2D eigenvalue weighted by Gasteiger charge is -2.11. The standard InChI is InChI=1S/C19H15ClN2O3/c1-2-24-19(23)13-5-7-14(8-6-13)25-18-15(4-3-10-22-18)16-12-21-11-9-17(16)20/h3-12H,2H2,1H3. The molecule has 0 unspecified atom stereocenters. The molecule has 1 aromatic carbocycles. The zero-order chi connectivity index (χ0) is 17.6. The Kier molecular flexibility index (Phi) is 5.26. The number of rotatable bonds is 5. The van der Waals surface area contributed by atoms with Gasteiger partial charge in [0, 0.05) is 29.7 Å². The number of benzene rings is 1. The fraction of sp³-hybridized carbons (Fsp3) is 0.105. The first-order chi connectivity index (χ1) is 12.2. The van der Waals surface area contributed by atoms with Crippen LogP contribution in [0.4, 0.5) is 0 Å². The van der Waals surface area contributed by atoms with Gasteiger partial charge in [0.15, 0.2) is 0 Å². The number of hydrogen-bond donors (Lipinski definition) is 0. The van der Waals surface area contributed by atoms with Gasteiger partial charge in [-0.1, -0.05) is 11.6 Å². The molecule has 0 aliphatic carbocycles. The summed E-state index contributed by atoms with van der Waals surface area (Å²) in [6, 6.07) is 12.0. The summed E-state index contributed by atoms with van der Waals surface area (Å²) >= 11 is 6.24. The Bertz CT molecular complexity index is 882. The lowest BCUT2D eigenvalue weighted by atomic mass is 10.1. The van der Waals surface area contributed by atoms with Gasteiger partial charge < -0.3 is 9.47 Å². The van der Waals surface area contributed by atoms with Gasteiger partial charge in [-0.2, -0.15) is 0 Å². The van der Waals surface area contributed by atoms with Crippen LogP contribution < -0.4 is 4.74 Å². The zero-order valence-corrected chi connectivity index (χ0v) is 14.2. The Labute approximate surface area is 150 Å². The third kappa shape index (κ3) is 3.95. The van der Waals surface area contributed by atoms with E-state index in [1.54, 1.807) is 61.9 Å². The maximum atomic E-state index is 11.7. The predicted molar refractivity (Wildman–Crippen MR) is 95.0 cm³/mol. The van der Waals surface area contributed by atoms with Gasteiger partial charge in [0.05, 0.1) is 17.2 Å². The molecule has 2 heterocycles.